The summed E-state index contributed by atoms with van der Waals surface area (Å²) in [4.78, 5) is 38.6. The second kappa shape index (κ2) is 10.4. The molecule has 1 fully saturated rings. The molecule has 1 saturated heterocycles. The number of nitrogens with one attached hydrogen (secondary N) is 1. The average Bonchev–Trinajstić information content (AvgIpc) is 2.98. The van der Waals surface area contributed by atoms with Crippen LogP contribution in [-0.4, -0.2) is 41.7 Å². The highest BCUT2D eigenvalue weighted by atomic mass is 79.9. The van der Waals surface area contributed by atoms with Gasteiger partial charge in [-0.2, -0.15) is 0 Å². The first-order chi connectivity index (χ1) is 15.2. The number of anilines is 1. The molecule has 0 bridgehead atoms. The Bertz CT molecular complexity index is 1110. The number of hydrogen-bond donors (Lipinski definition) is 1. The van der Waals surface area contributed by atoms with Crippen molar-refractivity contribution in [2.24, 2.45) is 0 Å². The van der Waals surface area contributed by atoms with Crippen molar-refractivity contribution in [3.05, 3.63) is 56.4 Å². The van der Waals surface area contributed by atoms with Crippen LogP contribution in [0, 0.1) is 0 Å². The van der Waals surface area contributed by atoms with Crippen LogP contribution in [0.3, 0.4) is 0 Å². The molecule has 168 valence electrons. The molecule has 1 heterocycles. The number of nitrogens with zero attached hydrogens (tertiary/aromatic N) is 1. The van der Waals surface area contributed by atoms with Crippen LogP contribution in [0.15, 0.2) is 45.8 Å². The predicted molar refractivity (Wildman–Crippen MR) is 129 cm³/mol. The number of benzene rings is 2. The van der Waals surface area contributed by atoms with Gasteiger partial charge in [0.25, 0.3) is 11.1 Å². The van der Waals surface area contributed by atoms with E-state index in [-0.39, 0.29) is 11.0 Å². The molecule has 0 aromatic heterocycles. The summed E-state index contributed by atoms with van der Waals surface area (Å²) in [6, 6.07) is 10.1. The average molecular weight is 540 g/mol. The first kappa shape index (κ1) is 24.2. The number of ether oxygens (including phenoxy) is 2. The molecule has 3 rings (SSSR count). The fourth-order valence-electron chi connectivity index (χ4n) is 2.83. The number of methoxy groups -OCH3 is 1. The highest BCUT2D eigenvalue weighted by Gasteiger charge is 2.36. The van der Waals surface area contributed by atoms with Crippen molar-refractivity contribution in [2.75, 3.05) is 19.0 Å². The molecular weight excluding hydrogens is 520 g/mol. The van der Waals surface area contributed by atoms with Crippen LogP contribution in [0.1, 0.15) is 19.4 Å². The second-order valence-electron chi connectivity index (χ2n) is 7.02. The van der Waals surface area contributed by atoms with Crippen LogP contribution in [-0.2, 0) is 9.59 Å². The Hall–Kier alpha value is -2.49. The van der Waals surface area contributed by atoms with Gasteiger partial charge in [-0.1, -0.05) is 17.7 Å². The zero-order valence-electron chi connectivity index (χ0n) is 17.5. The van der Waals surface area contributed by atoms with Crippen molar-refractivity contribution < 1.29 is 23.9 Å². The van der Waals surface area contributed by atoms with Crippen molar-refractivity contribution in [1.82, 2.24) is 4.90 Å². The van der Waals surface area contributed by atoms with Crippen molar-refractivity contribution in [3.8, 4) is 11.5 Å². The molecule has 0 unspecified atom stereocenters. The fraction of sp³-hybridized carbons (Fsp3) is 0.227. The lowest BCUT2D eigenvalue weighted by atomic mass is 10.2. The summed E-state index contributed by atoms with van der Waals surface area (Å²) in [7, 11) is 1.53. The summed E-state index contributed by atoms with van der Waals surface area (Å²) in [5.41, 5.74) is 1.12. The fourth-order valence-corrected chi connectivity index (χ4v) is 4.10. The van der Waals surface area contributed by atoms with Gasteiger partial charge in [-0.3, -0.25) is 19.3 Å². The first-order valence-electron chi connectivity index (χ1n) is 9.53. The zero-order chi connectivity index (χ0) is 23.4. The Kier molecular flexibility index (Phi) is 7.86. The van der Waals surface area contributed by atoms with Crippen LogP contribution < -0.4 is 14.8 Å². The third kappa shape index (κ3) is 5.85. The maximum absolute atomic E-state index is 12.7. The van der Waals surface area contributed by atoms with Crippen molar-refractivity contribution in [3.63, 3.8) is 0 Å². The van der Waals surface area contributed by atoms with E-state index in [0.29, 0.717) is 32.2 Å². The third-order valence-corrected chi connectivity index (χ3v) is 6.37. The number of carbonyl (C=O) groups is 3. The molecule has 1 aliphatic rings. The molecule has 2 aromatic rings. The Morgan fingerprint density at radius 3 is 2.62 bits per heavy atom. The molecule has 32 heavy (non-hydrogen) atoms. The van der Waals surface area contributed by atoms with Crippen LogP contribution in [0.25, 0.3) is 6.08 Å². The maximum atomic E-state index is 12.7. The molecule has 10 heteroatoms. The highest BCUT2D eigenvalue weighted by molar-refractivity contribution is 9.10. The van der Waals surface area contributed by atoms with Gasteiger partial charge in [0.15, 0.2) is 11.5 Å². The lowest BCUT2D eigenvalue weighted by Gasteiger charge is -2.14. The van der Waals surface area contributed by atoms with Gasteiger partial charge in [-0.05, 0) is 83.5 Å². The molecule has 0 atom stereocenters. The minimum absolute atomic E-state index is 0.0224. The van der Waals surface area contributed by atoms with E-state index in [2.05, 4.69) is 21.2 Å². The van der Waals surface area contributed by atoms with E-state index in [1.54, 1.807) is 42.5 Å². The van der Waals surface area contributed by atoms with Crippen LogP contribution in [0.2, 0.25) is 5.02 Å². The normalized spacial score (nSPS) is 14.9. The zero-order valence-corrected chi connectivity index (χ0v) is 20.6. The van der Waals surface area contributed by atoms with E-state index in [0.717, 1.165) is 16.7 Å². The van der Waals surface area contributed by atoms with Crippen LogP contribution in [0.5, 0.6) is 11.5 Å². The number of rotatable bonds is 7. The van der Waals surface area contributed by atoms with Crippen molar-refractivity contribution >= 4 is 68.1 Å². The van der Waals surface area contributed by atoms with Gasteiger partial charge in [0.05, 0.1) is 23.1 Å². The van der Waals surface area contributed by atoms with Gasteiger partial charge in [0.2, 0.25) is 5.91 Å². The van der Waals surface area contributed by atoms with Gasteiger partial charge in [-0.15, -0.1) is 0 Å². The van der Waals surface area contributed by atoms with E-state index in [1.165, 1.54) is 7.11 Å². The van der Waals surface area contributed by atoms with E-state index in [9.17, 15) is 14.4 Å². The van der Waals surface area contributed by atoms with E-state index < -0.39 is 23.6 Å². The van der Waals surface area contributed by atoms with Crippen LogP contribution in [0.4, 0.5) is 10.5 Å². The van der Waals surface area contributed by atoms with Gasteiger partial charge in [0.1, 0.15) is 6.54 Å². The second-order valence-corrected chi connectivity index (χ2v) is 9.28. The molecule has 7 nitrogen and oxygen atoms in total. The summed E-state index contributed by atoms with van der Waals surface area (Å²) < 4.78 is 11.7. The van der Waals surface area contributed by atoms with Crippen molar-refractivity contribution in [2.45, 2.75) is 20.0 Å². The minimum atomic E-state index is -0.537. The summed E-state index contributed by atoms with van der Waals surface area (Å²) in [6.07, 6.45) is 1.56. The van der Waals surface area contributed by atoms with E-state index in [1.807, 2.05) is 13.8 Å². The van der Waals surface area contributed by atoms with Crippen molar-refractivity contribution in [1.29, 1.82) is 0 Å². The lowest BCUT2D eigenvalue weighted by Crippen LogP contribution is -2.36. The SMILES string of the molecule is COc1cc(/C=C2\SC(=O)N(CC(=O)Nc3ccc(Br)c(Cl)c3)C2=O)ccc1OC(C)C. The molecule has 1 aliphatic heterocycles. The Morgan fingerprint density at radius 1 is 1.22 bits per heavy atom. The van der Waals surface area contributed by atoms with Gasteiger partial charge >= 0.3 is 0 Å². The number of thioether (sulfide) groups is 1. The molecular formula is C22H20BrClN2O5S. The third-order valence-electron chi connectivity index (χ3n) is 4.23. The standard InChI is InChI=1S/C22H20BrClN2O5S/c1-12(2)31-17-7-4-13(8-18(17)30-3)9-19-21(28)26(22(29)32-19)11-20(27)25-14-5-6-15(23)16(24)10-14/h4-10,12H,11H2,1-3H3,(H,25,27)/b19-9-. The van der Waals surface area contributed by atoms with Gasteiger partial charge < -0.3 is 14.8 Å². The summed E-state index contributed by atoms with van der Waals surface area (Å²) in [5, 5.41) is 2.54. The number of carbonyl (C=O) groups excluding carboxylic acids is 3. The molecule has 3 amide bonds. The molecule has 0 radical (unpaired) electrons. The molecule has 0 saturated carbocycles. The summed E-state index contributed by atoms with van der Waals surface area (Å²) >= 11 is 10.1. The molecule has 1 N–H and O–H groups in total. The van der Waals surface area contributed by atoms with Gasteiger partial charge in [-0.25, -0.2) is 0 Å². The highest BCUT2D eigenvalue weighted by Crippen LogP contribution is 2.35. The molecule has 0 aliphatic carbocycles. The Labute approximate surface area is 203 Å². The number of imide groups is 1. The van der Waals surface area contributed by atoms with E-state index >= 15 is 0 Å². The summed E-state index contributed by atoms with van der Waals surface area (Å²) in [6.45, 7) is 3.41. The molecule has 0 spiro atoms. The largest absolute Gasteiger partial charge is 0.493 e. The Morgan fingerprint density at radius 2 is 1.97 bits per heavy atom. The lowest BCUT2D eigenvalue weighted by molar-refractivity contribution is -0.127. The summed E-state index contributed by atoms with van der Waals surface area (Å²) in [5.74, 6) is 0.0472. The number of hydrogen-bond acceptors (Lipinski definition) is 6. The van der Waals surface area contributed by atoms with E-state index in [4.69, 9.17) is 21.1 Å². The quantitative estimate of drug-likeness (QED) is 0.463. The predicted octanol–water partition coefficient (Wildman–Crippen LogP) is 5.57. The number of halogens is 2. The topological polar surface area (TPSA) is 84.9 Å². The Balaban J connectivity index is 1.71. The maximum Gasteiger partial charge on any atom is 0.294 e. The monoisotopic (exact) mass is 538 g/mol. The first-order valence-corrected chi connectivity index (χ1v) is 11.5. The molecule has 2 aromatic carbocycles. The minimum Gasteiger partial charge on any atom is -0.493 e. The smallest absolute Gasteiger partial charge is 0.294 e. The van der Waals surface area contributed by atoms with Crippen LogP contribution >= 0.6 is 39.3 Å². The number of amides is 3. The van der Waals surface area contributed by atoms with Gasteiger partial charge in [0, 0.05) is 10.2 Å².